The van der Waals surface area contributed by atoms with Crippen molar-refractivity contribution in [3.8, 4) is 0 Å². The van der Waals surface area contributed by atoms with Crippen LogP contribution in [0.15, 0.2) is 11.6 Å². The molecule has 0 saturated carbocycles. The number of carbonyl (C=O) groups is 1. The average Bonchev–Trinajstić information content (AvgIpc) is 2.96. The van der Waals surface area contributed by atoms with Crippen LogP contribution in [0.4, 0.5) is 0 Å². The molecule has 23 heavy (non-hydrogen) atoms. The van der Waals surface area contributed by atoms with Crippen molar-refractivity contribution in [2.45, 2.75) is 46.0 Å². The van der Waals surface area contributed by atoms with E-state index in [1.807, 2.05) is 4.90 Å². The number of rotatable bonds is 6. The molecule has 1 aromatic rings. The molecule has 1 fully saturated rings. The molecule has 2 heterocycles. The van der Waals surface area contributed by atoms with Crippen molar-refractivity contribution < 1.29 is 9.90 Å². The summed E-state index contributed by atoms with van der Waals surface area (Å²) in [5, 5.41) is 16.5. The minimum absolute atomic E-state index is 0.0900. The third-order valence-corrected chi connectivity index (χ3v) is 4.54. The molecule has 0 spiro atoms. The van der Waals surface area contributed by atoms with Gasteiger partial charge in [-0.25, -0.2) is 4.98 Å². The number of piperidine rings is 1. The molecule has 1 aliphatic rings. The fourth-order valence-corrected chi connectivity index (χ4v) is 3.11. The fourth-order valence-electron chi connectivity index (χ4n) is 2.97. The summed E-state index contributed by atoms with van der Waals surface area (Å²) in [5.74, 6) is 0.713. The summed E-state index contributed by atoms with van der Waals surface area (Å²) in [6.07, 6.45) is 5.71. The fraction of sp³-hybridized carbons (Fsp3) is 0.688. The van der Waals surface area contributed by atoms with Gasteiger partial charge in [-0.1, -0.05) is 11.6 Å². The highest BCUT2D eigenvalue weighted by atomic mass is 35.5. The van der Waals surface area contributed by atoms with Gasteiger partial charge in [0.1, 0.15) is 5.82 Å². The zero-order valence-corrected chi connectivity index (χ0v) is 14.6. The van der Waals surface area contributed by atoms with Crippen molar-refractivity contribution in [3.05, 3.63) is 22.8 Å². The number of aliphatic hydroxyl groups excluding tert-OH is 1. The van der Waals surface area contributed by atoms with Gasteiger partial charge in [-0.2, -0.15) is 0 Å². The molecule has 1 saturated heterocycles. The summed E-state index contributed by atoms with van der Waals surface area (Å²) in [5.41, 5.74) is 1.03. The van der Waals surface area contributed by atoms with Crippen LogP contribution in [0, 0.1) is 5.41 Å². The number of allylic oxidation sites excluding steroid dienone is 2. The van der Waals surface area contributed by atoms with Crippen LogP contribution in [0.3, 0.4) is 0 Å². The Hall–Kier alpha value is -1.40. The topological polar surface area (TPSA) is 82.1 Å². The molecule has 1 aromatic heterocycles. The van der Waals surface area contributed by atoms with E-state index in [0.717, 1.165) is 25.8 Å². The monoisotopic (exact) mass is 340 g/mol. The number of halogens is 1. The minimum Gasteiger partial charge on any atom is -0.396 e. The maximum atomic E-state index is 12.5. The normalized spacial score (nSPS) is 21.3. The number of H-pyrrole nitrogens is 1. The Morgan fingerprint density at radius 1 is 1.52 bits per heavy atom. The van der Waals surface area contributed by atoms with Crippen LogP contribution in [-0.2, 0) is 11.2 Å². The van der Waals surface area contributed by atoms with Crippen LogP contribution >= 0.6 is 11.6 Å². The van der Waals surface area contributed by atoms with Gasteiger partial charge in [-0.05, 0) is 44.7 Å². The molecule has 0 bridgehead atoms. The standard InChI is InChI=1S/C16H25ClN4O2/c1-12(2)6-8-16(11-22)7-3-9-21(10-16)14(23)5-4-13-18-15(17)20-19-13/h6,22H,3-5,7-11H2,1-2H3,(H,18,19,20)/t16-/m1/s1. The molecule has 0 aliphatic carbocycles. The molecular formula is C16H25ClN4O2. The minimum atomic E-state index is -0.208. The Bertz CT molecular complexity index is 568. The van der Waals surface area contributed by atoms with Crippen molar-refractivity contribution in [1.82, 2.24) is 20.1 Å². The van der Waals surface area contributed by atoms with E-state index in [9.17, 15) is 9.90 Å². The van der Waals surface area contributed by atoms with Gasteiger partial charge in [0.2, 0.25) is 11.2 Å². The third kappa shape index (κ3) is 5.04. The highest BCUT2D eigenvalue weighted by Crippen LogP contribution is 2.34. The Labute approximate surface area is 141 Å². The van der Waals surface area contributed by atoms with Crippen molar-refractivity contribution in [3.63, 3.8) is 0 Å². The van der Waals surface area contributed by atoms with Crippen LogP contribution in [-0.4, -0.2) is 50.8 Å². The van der Waals surface area contributed by atoms with E-state index in [1.165, 1.54) is 5.57 Å². The maximum Gasteiger partial charge on any atom is 0.242 e. The molecule has 7 heteroatoms. The lowest BCUT2D eigenvalue weighted by Crippen LogP contribution is -2.47. The molecule has 1 aliphatic heterocycles. The van der Waals surface area contributed by atoms with Crippen molar-refractivity contribution >= 4 is 17.5 Å². The zero-order valence-electron chi connectivity index (χ0n) is 13.8. The van der Waals surface area contributed by atoms with Crippen LogP contribution < -0.4 is 0 Å². The van der Waals surface area contributed by atoms with E-state index < -0.39 is 0 Å². The lowest BCUT2D eigenvalue weighted by Gasteiger charge is -2.41. The first kappa shape index (κ1) is 17.9. The highest BCUT2D eigenvalue weighted by molar-refractivity contribution is 6.28. The second-order valence-corrected chi connectivity index (χ2v) is 6.95. The molecule has 0 radical (unpaired) electrons. The molecule has 1 atom stereocenters. The van der Waals surface area contributed by atoms with E-state index >= 15 is 0 Å². The predicted molar refractivity (Wildman–Crippen MR) is 89.1 cm³/mol. The molecule has 0 aromatic carbocycles. The molecule has 1 amide bonds. The Kier molecular flexibility index (Phi) is 6.18. The number of carbonyl (C=O) groups excluding carboxylic acids is 1. The largest absolute Gasteiger partial charge is 0.396 e. The number of aromatic amines is 1. The number of aliphatic hydroxyl groups is 1. The number of nitrogens with one attached hydrogen (secondary N) is 1. The van der Waals surface area contributed by atoms with Gasteiger partial charge in [-0.15, -0.1) is 5.10 Å². The Morgan fingerprint density at radius 2 is 2.30 bits per heavy atom. The predicted octanol–water partition coefficient (Wildman–Crippen LogP) is 2.35. The molecule has 2 N–H and O–H groups in total. The number of likely N-dealkylation sites (tertiary alicyclic amines) is 1. The SMILES string of the molecule is CC(C)=CC[C@]1(CO)CCCN(C(=O)CCc2nc(Cl)n[nH]2)C1. The summed E-state index contributed by atoms with van der Waals surface area (Å²) in [6.45, 7) is 5.59. The van der Waals surface area contributed by atoms with Crippen LogP contribution in [0.5, 0.6) is 0 Å². The molecule has 128 valence electrons. The quantitative estimate of drug-likeness (QED) is 0.779. The molecule has 6 nitrogen and oxygen atoms in total. The molecule has 2 rings (SSSR count). The first-order valence-corrected chi connectivity index (χ1v) is 8.41. The van der Waals surface area contributed by atoms with E-state index in [-0.39, 0.29) is 23.2 Å². The van der Waals surface area contributed by atoms with Gasteiger partial charge >= 0.3 is 0 Å². The number of hydrogen-bond donors (Lipinski definition) is 2. The lowest BCUT2D eigenvalue weighted by atomic mass is 9.77. The summed E-state index contributed by atoms with van der Waals surface area (Å²) in [7, 11) is 0. The van der Waals surface area contributed by atoms with Crippen molar-refractivity contribution in [2.24, 2.45) is 5.41 Å². The van der Waals surface area contributed by atoms with E-state index in [1.54, 1.807) is 0 Å². The third-order valence-electron chi connectivity index (χ3n) is 4.37. The number of aromatic nitrogens is 3. The number of aryl methyl sites for hydroxylation is 1. The second kappa shape index (κ2) is 7.93. The van der Waals surface area contributed by atoms with Gasteiger partial charge in [0.15, 0.2) is 0 Å². The maximum absolute atomic E-state index is 12.5. The van der Waals surface area contributed by atoms with Crippen molar-refractivity contribution in [1.29, 1.82) is 0 Å². The smallest absolute Gasteiger partial charge is 0.242 e. The van der Waals surface area contributed by atoms with E-state index in [4.69, 9.17) is 11.6 Å². The average molecular weight is 341 g/mol. The van der Waals surface area contributed by atoms with Crippen LogP contribution in [0.2, 0.25) is 5.28 Å². The summed E-state index contributed by atoms with van der Waals surface area (Å²) >= 11 is 5.66. The van der Waals surface area contributed by atoms with Gasteiger partial charge < -0.3 is 10.0 Å². The first-order chi connectivity index (χ1) is 10.9. The lowest BCUT2D eigenvalue weighted by molar-refractivity contribution is -0.135. The van der Waals surface area contributed by atoms with Crippen molar-refractivity contribution in [2.75, 3.05) is 19.7 Å². The Balaban J connectivity index is 1.93. The second-order valence-electron chi connectivity index (χ2n) is 6.61. The van der Waals surface area contributed by atoms with Crippen LogP contribution in [0.25, 0.3) is 0 Å². The summed E-state index contributed by atoms with van der Waals surface area (Å²) < 4.78 is 0. The Morgan fingerprint density at radius 3 is 2.91 bits per heavy atom. The summed E-state index contributed by atoms with van der Waals surface area (Å²) in [4.78, 5) is 18.3. The van der Waals surface area contributed by atoms with Gasteiger partial charge in [-0.3, -0.25) is 9.89 Å². The number of nitrogens with zero attached hydrogens (tertiary/aromatic N) is 3. The first-order valence-electron chi connectivity index (χ1n) is 8.03. The zero-order chi connectivity index (χ0) is 16.9. The van der Waals surface area contributed by atoms with E-state index in [2.05, 4.69) is 35.1 Å². The summed E-state index contributed by atoms with van der Waals surface area (Å²) in [6, 6.07) is 0. The van der Waals surface area contributed by atoms with Crippen LogP contribution in [0.1, 0.15) is 45.4 Å². The highest BCUT2D eigenvalue weighted by Gasteiger charge is 2.35. The molecule has 0 unspecified atom stereocenters. The number of amides is 1. The van der Waals surface area contributed by atoms with E-state index in [0.29, 0.717) is 25.2 Å². The molecular weight excluding hydrogens is 316 g/mol. The van der Waals surface area contributed by atoms with Gasteiger partial charge in [0.05, 0.1) is 6.61 Å². The number of hydrogen-bond acceptors (Lipinski definition) is 4. The van der Waals surface area contributed by atoms with Gasteiger partial charge in [0, 0.05) is 31.3 Å². The van der Waals surface area contributed by atoms with Gasteiger partial charge in [0.25, 0.3) is 0 Å².